The van der Waals surface area contributed by atoms with Crippen LogP contribution in [0.2, 0.25) is 0 Å². The highest BCUT2D eigenvalue weighted by Crippen LogP contribution is 2.52. The molecule has 0 saturated heterocycles. The largest absolute Gasteiger partial charge is 0.467 e. The number of carbonyl (C=O) groups is 3. The number of aryl methyl sites for hydroxylation is 1. The van der Waals surface area contributed by atoms with Gasteiger partial charge in [-0.3, -0.25) is 14.4 Å². The first-order chi connectivity index (χ1) is 15.9. The molecule has 4 rings (SSSR count). The number of amides is 2. The first-order valence-corrected chi connectivity index (χ1v) is 11.0. The number of alkyl halides is 3. The molecule has 2 heterocycles. The van der Waals surface area contributed by atoms with Crippen molar-refractivity contribution >= 4 is 17.6 Å². The maximum absolute atomic E-state index is 14.7. The van der Waals surface area contributed by atoms with Gasteiger partial charge in [0.15, 0.2) is 5.78 Å². The molecule has 6 nitrogen and oxygen atoms in total. The number of hydrogen-bond donors (Lipinski definition) is 1. The summed E-state index contributed by atoms with van der Waals surface area (Å²) in [5.74, 6) is -2.87. The Labute approximate surface area is 194 Å². The molecular formula is C25H25F3N2O4. The minimum Gasteiger partial charge on any atom is -0.467 e. The third kappa shape index (κ3) is 4.15. The molecule has 1 atom stereocenters. The van der Waals surface area contributed by atoms with Gasteiger partial charge in [0.05, 0.1) is 18.4 Å². The average Bonchev–Trinajstić information content (AvgIpc) is 3.33. The second-order valence-corrected chi connectivity index (χ2v) is 9.51. The van der Waals surface area contributed by atoms with Crippen LogP contribution in [-0.2, 0) is 27.3 Å². The highest BCUT2D eigenvalue weighted by molar-refractivity contribution is 6.13. The molecule has 1 aliphatic carbocycles. The van der Waals surface area contributed by atoms with E-state index in [-0.39, 0.29) is 43.7 Å². The predicted molar refractivity (Wildman–Crippen MR) is 116 cm³/mol. The fourth-order valence-corrected chi connectivity index (χ4v) is 4.73. The van der Waals surface area contributed by atoms with Crippen LogP contribution in [0.1, 0.15) is 44.4 Å². The van der Waals surface area contributed by atoms with Gasteiger partial charge in [-0.2, -0.15) is 13.2 Å². The summed E-state index contributed by atoms with van der Waals surface area (Å²) in [4.78, 5) is 40.3. The zero-order valence-corrected chi connectivity index (χ0v) is 18.9. The first-order valence-electron chi connectivity index (χ1n) is 11.0. The normalized spacial score (nSPS) is 22.2. The van der Waals surface area contributed by atoms with Crippen molar-refractivity contribution in [3.63, 3.8) is 0 Å². The van der Waals surface area contributed by atoms with Crippen LogP contribution >= 0.6 is 0 Å². The Bertz CT molecular complexity index is 1140. The maximum Gasteiger partial charge on any atom is 0.425 e. The molecule has 2 aliphatic rings. The second kappa shape index (κ2) is 8.45. The number of benzene rings is 1. The molecule has 0 saturated carbocycles. The zero-order chi connectivity index (χ0) is 24.7. The number of hydrogen-bond acceptors (Lipinski definition) is 4. The Morgan fingerprint density at radius 3 is 2.41 bits per heavy atom. The Hall–Kier alpha value is -3.36. The minimum absolute atomic E-state index is 0.0108. The molecule has 1 aromatic heterocycles. The zero-order valence-electron chi connectivity index (χ0n) is 18.9. The van der Waals surface area contributed by atoms with Gasteiger partial charge in [0.2, 0.25) is 11.4 Å². The van der Waals surface area contributed by atoms with Crippen LogP contribution in [0.4, 0.5) is 13.2 Å². The monoisotopic (exact) mass is 474 g/mol. The average molecular weight is 474 g/mol. The van der Waals surface area contributed by atoms with Crippen LogP contribution < -0.4 is 5.32 Å². The van der Waals surface area contributed by atoms with Gasteiger partial charge in [-0.1, -0.05) is 44.2 Å². The summed E-state index contributed by atoms with van der Waals surface area (Å²) < 4.78 is 49.4. The van der Waals surface area contributed by atoms with Gasteiger partial charge < -0.3 is 14.6 Å². The maximum atomic E-state index is 14.7. The molecule has 0 spiro atoms. The van der Waals surface area contributed by atoms with E-state index in [1.807, 2.05) is 5.32 Å². The predicted octanol–water partition coefficient (Wildman–Crippen LogP) is 4.32. The highest BCUT2D eigenvalue weighted by atomic mass is 19.4. The van der Waals surface area contributed by atoms with Gasteiger partial charge in [-0.15, -0.1) is 0 Å². The summed E-state index contributed by atoms with van der Waals surface area (Å²) in [6, 6.07) is 11.9. The van der Waals surface area contributed by atoms with E-state index in [4.69, 9.17) is 4.42 Å². The molecule has 0 unspecified atom stereocenters. The summed E-state index contributed by atoms with van der Waals surface area (Å²) in [6.07, 6.45) is -4.03. The Morgan fingerprint density at radius 2 is 1.79 bits per heavy atom. The summed E-state index contributed by atoms with van der Waals surface area (Å²) in [7, 11) is 0. The molecule has 1 aromatic carbocycles. The van der Waals surface area contributed by atoms with E-state index in [1.165, 1.54) is 12.3 Å². The van der Waals surface area contributed by atoms with Gasteiger partial charge in [-0.25, -0.2) is 0 Å². The molecule has 180 valence electrons. The van der Waals surface area contributed by atoms with Crippen molar-refractivity contribution in [1.82, 2.24) is 10.2 Å². The van der Waals surface area contributed by atoms with Crippen LogP contribution in [0.5, 0.6) is 0 Å². The summed E-state index contributed by atoms with van der Waals surface area (Å²) in [5.41, 5.74) is -3.98. The third-order valence-electron chi connectivity index (χ3n) is 6.25. The molecule has 9 heteroatoms. The van der Waals surface area contributed by atoms with E-state index < -0.39 is 40.3 Å². The lowest BCUT2D eigenvalue weighted by molar-refractivity contribution is -0.194. The van der Waals surface area contributed by atoms with Crippen molar-refractivity contribution in [2.24, 2.45) is 5.41 Å². The number of nitrogens with zero attached hydrogens (tertiary/aromatic N) is 1. The number of ketones is 1. The van der Waals surface area contributed by atoms with Crippen molar-refractivity contribution in [3.05, 3.63) is 71.3 Å². The number of furan rings is 1. The van der Waals surface area contributed by atoms with E-state index in [1.54, 1.807) is 50.2 Å². The molecule has 34 heavy (non-hydrogen) atoms. The van der Waals surface area contributed by atoms with Gasteiger partial charge in [0.25, 0.3) is 5.91 Å². The van der Waals surface area contributed by atoms with Crippen molar-refractivity contribution in [2.45, 2.75) is 57.8 Å². The SMILES string of the molecule is CC1(C)CC(=O)C2=C(C1)N(Cc1ccco1)C(=O)[C@]2(NC(=O)CCc1ccccc1)C(F)(F)F. The topological polar surface area (TPSA) is 79.6 Å². The summed E-state index contributed by atoms with van der Waals surface area (Å²) >= 11 is 0. The van der Waals surface area contributed by atoms with Crippen molar-refractivity contribution in [3.8, 4) is 0 Å². The van der Waals surface area contributed by atoms with E-state index in [9.17, 15) is 27.6 Å². The van der Waals surface area contributed by atoms with Crippen LogP contribution in [0.25, 0.3) is 0 Å². The van der Waals surface area contributed by atoms with Gasteiger partial charge in [-0.05, 0) is 36.0 Å². The number of halogens is 3. The van der Waals surface area contributed by atoms with E-state index >= 15 is 0 Å². The van der Waals surface area contributed by atoms with Crippen LogP contribution in [0.3, 0.4) is 0 Å². The molecule has 2 aromatic rings. The Morgan fingerprint density at radius 1 is 1.09 bits per heavy atom. The van der Waals surface area contributed by atoms with Crippen LogP contribution in [0, 0.1) is 5.41 Å². The molecule has 1 N–H and O–H groups in total. The fraction of sp³-hybridized carbons (Fsp3) is 0.400. The molecule has 0 bridgehead atoms. The van der Waals surface area contributed by atoms with E-state index in [0.717, 1.165) is 10.5 Å². The summed E-state index contributed by atoms with van der Waals surface area (Å²) in [5, 5.41) is 1.95. The lowest BCUT2D eigenvalue weighted by Crippen LogP contribution is -2.66. The van der Waals surface area contributed by atoms with Crippen LogP contribution in [0.15, 0.2) is 64.4 Å². The third-order valence-corrected chi connectivity index (χ3v) is 6.25. The number of carbonyl (C=O) groups excluding carboxylic acids is 3. The molecular weight excluding hydrogens is 449 g/mol. The van der Waals surface area contributed by atoms with Crippen molar-refractivity contribution < 1.29 is 32.0 Å². The van der Waals surface area contributed by atoms with E-state index in [0.29, 0.717) is 0 Å². The molecule has 0 fully saturated rings. The summed E-state index contributed by atoms with van der Waals surface area (Å²) in [6.45, 7) is 3.25. The van der Waals surface area contributed by atoms with Crippen molar-refractivity contribution in [2.75, 3.05) is 0 Å². The number of Topliss-reactive ketones (excluding diaryl/α,β-unsaturated/α-hetero) is 1. The standard InChI is InChI=1S/C25H25F3N2O4/c1-23(2)13-18-21(19(31)14-23)24(25(26,27)28,22(33)30(18)15-17-9-6-12-34-17)29-20(32)11-10-16-7-4-3-5-8-16/h3-9,12H,10-11,13-15H2,1-2H3,(H,29,32)/t24-/m0/s1. The van der Waals surface area contributed by atoms with Gasteiger partial charge >= 0.3 is 6.18 Å². The minimum atomic E-state index is -5.22. The van der Waals surface area contributed by atoms with Crippen LogP contribution in [-0.4, -0.2) is 34.2 Å². The second-order valence-electron chi connectivity index (χ2n) is 9.51. The molecule has 1 aliphatic heterocycles. The number of rotatable bonds is 6. The van der Waals surface area contributed by atoms with Gasteiger partial charge in [0.1, 0.15) is 5.76 Å². The highest BCUT2D eigenvalue weighted by Gasteiger charge is 2.71. The molecule has 0 radical (unpaired) electrons. The first kappa shape index (κ1) is 23.8. The lowest BCUT2D eigenvalue weighted by atomic mass is 9.72. The number of nitrogens with one attached hydrogen (secondary N) is 1. The fourth-order valence-electron chi connectivity index (χ4n) is 4.73. The lowest BCUT2D eigenvalue weighted by Gasteiger charge is -2.35. The smallest absolute Gasteiger partial charge is 0.425 e. The van der Waals surface area contributed by atoms with E-state index in [2.05, 4.69) is 0 Å². The Balaban J connectivity index is 1.74. The molecule has 2 amide bonds. The quantitative estimate of drug-likeness (QED) is 0.677. The number of allylic oxidation sites excluding steroid dienone is 1. The van der Waals surface area contributed by atoms with Crippen molar-refractivity contribution in [1.29, 1.82) is 0 Å². The van der Waals surface area contributed by atoms with Gasteiger partial charge in [0, 0.05) is 18.5 Å². The Kier molecular flexibility index (Phi) is 5.91.